The fourth-order valence-corrected chi connectivity index (χ4v) is 3.02. The van der Waals surface area contributed by atoms with Gasteiger partial charge in [0.1, 0.15) is 5.82 Å². The highest BCUT2D eigenvalue weighted by Crippen LogP contribution is 2.25. The number of hydrogen-bond donors (Lipinski definition) is 0. The van der Waals surface area contributed by atoms with Crippen LogP contribution in [0.4, 0.5) is 11.8 Å². The SMILES string of the molecule is CCN(CC)c1nc(-c2ccccc2)cc(N2CCN(C)CC2)n1. The predicted octanol–water partition coefficient (Wildman–Crippen LogP) is 2.74. The summed E-state index contributed by atoms with van der Waals surface area (Å²) in [5.74, 6) is 1.87. The minimum atomic E-state index is 0.829. The molecule has 3 rings (SSSR count). The maximum Gasteiger partial charge on any atom is 0.227 e. The molecule has 24 heavy (non-hydrogen) atoms. The van der Waals surface area contributed by atoms with Gasteiger partial charge in [0.2, 0.25) is 5.95 Å². The fraction of sp³-hybridized carbons (Fsp3) is 0.474. The molecule has 1 fully saturated rings. The van der Waals surface area contributed by atoms with Gasteiger partial charge in [-0.05, 0) is 20.9 Å². The number of nitrogens with zero attached hydrogens (tertiary/aromatic N) is 5. The Bertz CT molecular complexity index is 646. The molecular formula is C19H27N5. The van der Waals surface area contributed by atoms with Crippen LogP contribution in [0.3, 0.4) is 0 Å². The highest BCUT2D eigenvalue weighted by Gasteiger charge is 2.18. The number of piperazine rings is 1. The van der Waals surface area contributed by atoms with E-state index in [0.29, 0.717) is 0 Å². The van der Waals surface area contributed by atoms with Crippen LogP contribution in [0.25, 0.3) is 11.3 Å². The molecule has 0 amide bonds. The lowest BCUT2D eigenvalue weighted by atomic mass is 10.1. The molecule has 0 bridgehead atoms. The molecule has 2 aromatic rings. The smallest absolute Gasteiger partial charge is 0.227 e. The Morgan fingerprint density at radius 1 is 0.958 bits per heavy atom. The van der Waals surface area contributed by atoms with Crippen LogP contribution in [0.1, 0.15) is 13.8 Å². The number of anilines is 2. The Labute approximate surface area is 144 Å². The van der Waals surface area contributed by atoms with E-state index in [4.69, 9.17) is 9.97 Å². The van der Waals surface area contributed by atoms with Crippen LogP contribution >= 0.6 is 0 Å². The molecule has 0 saturated carbocycles. The molecule has 0 N–H and O–H groups in total. The van der Waals surface area contributed by atoms with Crippen molar-refractivity contribution in [3.05, 3.63) is 36.4 Å². The van der Waals surface area contributed by atoms with Gasteiger partial charge in [0.15, 0.2) is 0 Å². The lowest BCUT2D eigenvalue weighted by Crippen LogP contribution is -2.45. The number of hydrogen-bond acceptors (Lipinski definition) is 5. The van der Waals surface area contributed by atoms with Crippen molar-refractivity contribution < 1.29 is 0 Å². The van der Waals surface area contributed by atoms with Crippen molar-refractivity contribution in [3.8, 4) is 11.3 Å². The maximum atomic E-state index is 4.87. The maximum absolute atomic E-state index is 4.87. The van der Waals surface area contributed by atoms with E-state index in [9.17, 15) is 0 Å². The number of benzene rings is 1. The van der Waals surface area contributed by atoms with Gasteiger partial charge in [0.25, 0.3) is 0 Å². The molecule has 2 heterocycles. The van der Waals surface area contributed by atoms with Crippen molar-refractivity contribution in [1.82, 2.24) is 14.9 Å². The first-order valence-electron chi connectivity index (χ1n) is 8.84. The molecule has 1 aliphatic rings. The molecule has 0 radical (unpaired) electrons. The van der Waals surface area contributed by atoms with E-state index in [1.165, 1.54) is 0 Å². The van der Waals surface area contributed by atoms with Crippen LogP contribution in [-0.2, 0) is 0 Å². The molecule has 0 aliphatic carbocycles. The second-order valence-corrected chi connectivity index (χ2v) is 6.24. The van der Waals surface area contributed by atoms with E-state index in [1.54, 1.807) is 0 Å². The fourth-order valence-electron chi connectivity index (χ4n) is 3.02. The van der Waals surface area contributed by atoms with Gasteiger partial charge in [-0.15, -0.1) is 0 Å². The summed E-state index contributed by atoms with van der Waals surface area (Å²) >= 11 is 0. The number of rotatable bonds is 5. The highest BCUT2D eigenvalue weighted by molar-refractivity contribution is 5.65. The van der Waals surface area contributed by atoms with Gasteiger partial charge < -0.3 is 14.7 Å². The number of aromatic nitrogens is 2. The molecule has 1 aromatic carbocycles. The topological polar surface area (TPSA) is 35.5 Å². The van der Waals surface area contributed by atoms with Gasteiger partial charge in [-0.2, -0.15) is 4.98 Å². The van der Waals surface area contributed by atoms with Crippen molar-refractivity contribution in [1.29, 1.82) is 0 Å². The summed E-state index contributed by atoms with van der Waals surface area (Å²) in [5.41, 5.74) is 2.14. The van der Waals surface area contributed by atoms with Crippen molar-refractivity contribution in [2.45, 2.75) is 13.8 Å². The largest absolute Gasteiger partial charge is 0.354 e. The molecule has 128 valence electrons. The lowest BCUT2D eigenvalue weighted by Gasteiger charge is -2.34. The summed E-state index contributed by atoms with van der Waals surface area (Å²) in [4.78, 5) is 16.7. The standard InChI is InChI=1S/C19H27N5/c1-4-23(5-2)19-20-17(16-9-7-6-8-10-16)15-18(21-19)24-13-11-22(3)12-14-24/h6-10,15H,4-5,11-14H2,1-3H3. The van der Waals surface area contributed by atoms with Gasteiger partial charge in [-0.3, -0.25) is 0 Å². The monoisotopic (exact) mass is 325 g/mol. The first-order valence-corrected chi connectivity index (χ1v) is 8.84. The summed E-state index contributed by atoms with van der Waals surface area (Å²) in [6.07, 6.45) is 0. The second-order valence-electron chi connectivity index (χ2n) is 6.24. The van der Waals surface area contributed by atoms with Crippen molar-refractivity contribution >= 4 is 11.8 Å². The highest BCUT2D eigenvalue weighted by atomic mass is 15.3. The molecule has 0 spiro atoms. The molecule has 0 unspecified atom stereocenters. The second kappa shape index (κ2) is 7.62. The van der Waals surface area contributed by atoms with E-state index in [0.717, 1.165) is 62.3 Å². The average Bonchev–Trinajstić information content (AvgIpc) is 2.64. The molecular weight excluding hydrogens is 298 g/mol. The Morgan fingerprint density at radius 2 is 1.62 bits per heavy atom. The molecule has 0 atom stereocenters. The summed E-state index contributed by atoms with van der Waals surface area (Å²) in [6, 6.07) is 12.5. The van der Waals surface area contributed by atoms with Crippen LogP contribution < -0.4 is 9.80 Å². The van der Waals surface area contributed by atoms with Gasteiger partial charge in [0, 0.05) is 50.9 Å². The van der Waals surface area contributed by atoms with Gasteiger partial charge in [-0.1, -0.05) is 30.3 Å². The van der Waals surface area contributed by atoms with Crippen LogP contribution in [-0.4, -0.2) is 61.2 Å². The van der Waals surface area contributed by atoms with Gasteiger partial charge >= 0.3 is 0 Å². The third-order valence-corrected chi connectivity index (χ3v) is 4.64. The molecule has 1 aliphatic heterocycles. The van der Waals surface area contributed by atoms with Crippen LogP contribution in [0.2, 0.25) is 0 Å². The van der Waals surface area contributed by atoms with Gasteiger partial charge in [-0.25, -0.2) is 4.98 Å². The number of likely N-dealkylation sites (N-methyl/N-ethyl adjacent to an activating group) is 1. The molecule has 1 saturated heterocycles. The Kier molecular flexibility index (Phi) is 5.30. The van der Waals surface area contributed by atoms with E-state index < -0.39 is 0 Å². The van der Waals surface area contributed by atoms with E-state index >= 15 is 0 Å². The Morgan fingerprint density at radius 3 is 2.25 bits per heavy atom. The van der Waals surface area contributed by atoms with Crippen molar-refractivity contribution in [2.24, 2.45) is 0 Å². The molecule has 5 heteroatoms. The average molecular weight is 325 g/mol. The zero-order chi connectivity index (χ0) is 16.9. The predicted molar refractivity (Wildman–Crippen MR) is 101 cm³/mol. The van der Waals surface area contributed by atoms with Crippen LogP contribution in [0.5, 0.6) is 0 Å². The molecule has 5 nitrogen and oxygen atoms in total. The first-order chi connectivity index (χ1) is 11.7. The third kappa shape index (κ3) is 3.67. The van der Waals surface area contributed by atoms with Crippen LogP contribution in [0, 0.1) is 0 Å². The van der Waals surface area contributed by atoms with E-state index in [1.807, 2.05) is 6.07 Å². The van der Waals surface area contributed by atoms with Gasteiger partial charge in [0.05, 0.1) is 5.69 Å². The zero-order valence-electron chi connectivity index (χ0n) is 14.9. The minimum Gasteiger partial charge on any atom is -0.354 e. The molecule has 1 aromatic heterocycles. The van der Waals surface area contributed by atoms with Crippen molar-refractivity contribution in [3.63, 3.8) is 0 Å². The van der Waals surface area contributed by atoms with Crippen LogP contribution in [0.15, 0.2) is 36.4 Å². The first kappa shape index (κ1) is 16.7. The zero-order valence-corrected chi connectivity index (χ0v) is 14.9. The third-order valence-electron chi connectivity index (χ3n) is 4.64. The van der Waals surface area contributed by atoms with E-state index in [-0.39, 0.29) is 0 Å². The Hall–Kier alpha value is -2.14. The van der Waals surface area contributed by atoms with E-state index in [2.05, 4.69) is 65.9 Å². The van der Waals surface area contributed by atoms with Crippen molar-refractivity contribution in [2.75, 3.05) is 56.1 Å². The minimum absolute atomic E-state index is 0.829. The normalized spacial score (nSPS) is 15.5. The lowest BCUT2D eigenvalue weighted by molar-refractivity contribution is 0.312. The summed E-state index contributed by atoms with van der Waals surface area (Å²) in [5, 5.41) is 0. The Balaban J connectivity index is 1.99. The quantitative estimate of drug-likeness (QED) is 0.845. The summed E-state index contributed by atoms with van der Waals surface area (Å²) in [7, 11) is 2.17. The summed E-state index contributed by atoms with van der Waals surface area (Å²) in [6.45, 7) is 10.3. The summed E-state index contributed by atoms with van der Waals surface area (Å²) < 4.78 is 0.